The van der Waals surface area contributed by atoms with Gasteiger partial charge in [-0.25, -0.2) is 4.98 Å². The summed E-state index contributed by atoms with van der Waals surface area (Å²) in [4.78, 5) is 12.2. The number of hydrogen-bond acceptors (Lipinski definition) is 3. The summed E-state index contributed by atoms with van der Waals surface area (Å²) in [5.74, 6) is 0. The van der Waals surface area contributed by atoms with Crippen molar-refractivity contribution in [1.82, 2.24) is 14.9 Å². The number of fused-ring (bicyclic) bond motifs is 1. The molecule has 2 heterocycles. The van der Waals surface area contributed by atoms with E-state index in [4.69, 9.17) is 0 Å². The molecule has 90 valence electrons. The molecule has 0 radical (unpaired) electrons. The van der Waals surface area contributed by atoms with Gasteiger partial charge in [0, 0.05) is 24.8 Å². The molecule has 1 N–H and O–H groups in total. The summed E-state index contributed by atoms with van der Waals surface area (Å²) in [6, 6.07) is 7.12. The Balaban J connectivity index is 1.84. The molecule has 2 aromatic rings. The fraction of sp³-hybridized carbons (Fsp3) is 0.462. The van der Waals surface area contributed by atoms with Crippen LogP contribution >= 0.6 is 0 Å². The molecule has 1 aliphatic heterocycles. The highest BCUT2D eigenvalue weighted by atomic mass is 15.2. The lowest BCUT2D eigenvalue weighted by molar-refractivity contribution is 0.315. The minimum Gasteiger partial charge on any atom is -0.370 e. The maximum absolute atomic E-state index is 4.25. The summed E-state index contributed by atoms with van der Waals surface area (Å²) in [5, 5.41) is 0. The van der Waals surface area contributed by atoms with Crippen LogP contribution in [0.1, 0.15) is 6.42 Å². The molecule has 0 aliphatic carbocycles. The van der Waals surface area contributed by atoms with E-state index in [9.17, 15) is 0 Å². The summed E-state index contributed by atoms with van der Waals surface area (Å²) in [5.41, 5.74) is 3.46. The molecule has 1 fully saturated rings. The Hall–Kier alpha value is -1.55. The first-order valence-corrected chi connectivity index (χ1v) is 6.08. The molecular formula is C13H18N4. The Morgan fingerprint density at radius 3 is 3.06 bits per heavy atom. The molecule has 1 atom stereocenters. The van der Waals surface area contributed by atoms with Crippen molar-refractivity contribution in [3.05, 3.63) is 24.5 Å². The third kappa shape index (κ3) is 1.89. The van der Waals surface area contributed by atoms with Crippen LogP contribution < -0.4 is 4.90 Å². The lowest BCUT2D eigenvalue weighted by Crippen LogP contribution is -2.31. The molecule has 0 saturated carbocycles. The molecule has 0 amide bonds. The van der Waals surface area contributed by atoms with Gasteiger partial charge in [0.1, 0.15) is 0 Å². The van der Waals surface area contributed by atoms with E-state index >= 15 is 0 Å². The molecular weight excluding hydrogens is 212 g/mol. The molecule has 1 aromatic carbocycles. The summed E-state index contributed by atoms with van der Waals surface area (Å²) in [6.45, 7) is 2.26. The van der Waals surface area contributed by atoms with Crippen molar-refractivity contribution in [2.75, 3.05) is 32.1 Å². The second-order valence-electron chi connectivity index (χ2n) is 4.96. The Bertz CT molecular complexity index is 517. The van der Waals surface area contributed by atoms with Crippen LogP contribution in [0.4, 0.5) is 5.69 Å². The van der Waals surface area contributed by atoms with Gasteiger partial charge in [-0.1, -0.05) is 0 Å². The Morgan fingerprint density at radius 2 is 2.29 bits per heavy atom. The van der Waals surface area contributed by atoms with E-state index in [-0.39, 0.29) is 0 Å². The second kappa shape index (κ2) is 4.04. The minimum atomic E-state index is 0.674. The fourth-order valence-corrected chi connectivity index (χ4v) is 2.52. The van der Waals surface area contributed by atoms with Crippen LogP contribution in [0.15, 0.2) is 24.5 Å². The molecule has 17 heavy (non-hydrogen) atoms. The zero-order chi connectivity index (χ0) is 11.8. The van der Waals surface area contributed by atoms with Crippen LogP contribution in [-0.2, 0) is 0 Å². The number of H-pyrrole nitrogens is 1. The number of rotatable bonds is 2. The molecule has 3 rings (SSSR count). The van der Waals surface area contributed by atoms with Crippen molar-refractivity contribution >= 4 is 16.7 Å². The molecule has 1 aromatic heterocycles. The third-order valence-corrected chi connectivity index (χ3v) is 3.66. The molecule has 0 spiro atoms. The Labute approximate surface area is 101 Å². The number of benzene rings is 1. The average Bonchev–Trinajstić information content (AvgIpc) is 2.97. The summed E-state index contributed by atoms with van der Waals surface area (Å²) >= 11 is 0. The van der Waals surface area contributed by atoms with Crippen LogP contribution in [0, 0.1) is 0 Å². The Kier molecular flexibility index (Phi) is 2.52. The monoisotopic (exact) mass is 230 g/mol. The third-order valence-electron chi connectivity index (χ3n) is 3.66. The summed E-state index contributed by atoms with van der Waals surface area (Å²) in [7, 11) is 4.32. The standard InChI is InChI=1S/C13H18N4/c1-16(2)11-5-6-17(8-11)10-3-4-12-13(7-10)15-9-14-12/h3-4,7,9,11H,5-6,8H2,1-2H3,(H,14,15). The van der Waals surface area contributed by atoms with Gasteiger partial charge in [-0.15, -0.1) is 0 Å². The van der Waals surface area contributed by atoms with E-state index in [1.165, 1.54) is 12.1 Å². The van der Waals surface area contributed by atoms with Crippen molar-refractivity contribution in [2.24, 2.45) is 0 Å². The van der Waals surface area contributed by atoms with Crippen LogP contribution in [0.2, 0.25) is 0 Å². The first-order valence-electron chi connectivity index (χ1n) is 6.08. The number of anilines is 1. The van der Waals surface area contributed by atoms with E-state index in [0.717, 1.165) is 24.1 Å². The maximum atomic E-state index is 4.25. The van der Waals surface area contributed by atoms with Crippen LogP contribution in [-0.4, -0.2) is 48.1 Å². The quantitative estimate of drug-likeness (QED) is 0.853. The number of aromatic nitrogens is 2. The van der Waals surface area contributed by atoms with Crippen molar-refractivity contribution < 1.29 is 0 Å². The van der Waals surface area contributed by atoms with Crippen LogP contribution in [0.3, 0.4) is 0 Å². The maximum Gasteiger partial charge on any atom is 0.0931 e. The predicted molar refractivity (Wildman–Crippen MR) is 70.4 cm³/mol. The van der Waals surface area contributed by atoms with E-state index in [1.807, 2.05) is 0 Å². The van der Waals surface area contributed by atoms with Crippen LogP contribution in [0.5, 0.6) is 0 Å². The predicted octanol–water partition coefficient (Wildman–Crippen LogP) is 1.70. The van der Waals surface area contributed by atoms with Gasteiger partial charge in [0.15, 0.2) is 0 Å². The van der Waals surface area contributed by atoms with E-state index in [2.05, 4.69) is 52.1 Å². The molecule has 0 bridgehead atoms. The molecule has 1 unspecified atom stereocenters. The molecule has 4 heteroatoms. The normalized spacial score (nSPS) is 20.6. The highest BCUT2D eigenvalue weighted by molar-refractivity contribution is 5.79. The van der Waals surface area contributed by atoms with Gasteiger partial charge >= 0.3 is 0 Å². The van der Waals surface area contributed by atoms with Gasteiger partial charge in [0.25, 0.3) is 0 Å². The van der Waals surface area contributed by atoms with Crippen molar-refractivity contribution in [2.45, 2.75) is 12.5 Å². The number of hydrogen-bond donors (Lipinski definition) is 1. The zero-order valence-electron chi connectivity index (χ0n) is 10.3. The highest BCUT2D eigenvalue weighted by Crippen LogP contribution is 2.24. The first kappa shape index (κ1) is 10.6. The van der Waals surface area contributed by atoms with Gasteiger partial charge < -0.3 is 14.8 Å². The second-order valence-corrected chi connectivity index (χ2v) is 4.96. The first-order chi connectivity index (χ1) is 8.24. The van der Waals surface area contributed by atoms with Crippen molar-refractivity contribution in [1.29, 1.82) is 0 Å². The Morgan fingerprint density at radius 1 is 1.41 bits per heavy atom. The number of aromatic amines is 1. The largest absolute Gasteiger partial charge is 0.370 e. The topological polar surface area (TPSA) is 35.2 Å². The average molecular weight is 230 g/mol. The minimum absolute atomic E-state index is 0.674. The lowest BCUT2D eigenvalue weighted by Gasteiger charge is -2.21. The fourth-order valence-electron chi connectivity index (χ4n) is 2.52. The number of nitrogens with zero attached hydrogens (tertiary/aromatic N) is 3. The van der Waals surface area contributed by atoms with E-state index < -0.39 is 0 Å². The number of nitrogens with one attached hydrogen (secondary N) is 1. The zero-order valence-corrected chi connectivity index (χ0v) is 10.3. The van der Waals surface area contributed by atoms with E-state index in [1.54, 1.807) is 6.33 Å². The van der Waals surface area contributed by atoms with E-state index in [0.29, 0.717) is 6.04 Å². The van der Waals surface area contributed by atoms with Crippen LogP contribution in [0.25, 0.3) is 11.0 Å². The van der Waals surface area contributed by atoms with Crippen molar-refractivity contribution in [3.63, 3.8) is 0 Å². The number of imidazole rings is 1. The lowest BCUT2D eigenvalue weighted by atomic mass is 10.2. The van der Waals surface area contributed by atoms with Gasteiger partial charge in [-0.05, 0) is 38.7 Å². The summed E-state index contributed by atoms with van der Waals surface area (Å²) in [6.07, 6.45) is 3.00. The molecule has 1 saturated heterocycles. The molecule has 4 nitrogen and oxygen atoms in total. The van der Waals surface area contributed by atoms with Gasteiger partial charge in [0.05, 0.1) is 17.4 Å². The molecule has 1 aliphatic rings. The summed E-state index contributed by atoms with van der Waals surface area (Å²) < 4.78 is 0. The van der Waals surface area contributed by atoms with Crippen molar-refractivity contribution in [3.8, 4) is 0 Å². The number of likely N-dealkylation sites (N-methyl/N-ethyl adjacent to an activating group) is 1. The smallest absolute Gasteiger partial charge is 0.0931 e. The van der Waals surface area contributed by atoms with Gasteiger partial charge in [-0.3, -0.25) is 0 Å². The highest BCUT2D eigenvalue weighted by Gasteiger charge is 2.24. The SMILES string of the molecule is CN(C)C1CCN(c2ccc3nc[nH]c3c2)C1. The van der Waals surface area contributed by atoms with Gasteiger partial charge in [-0.2, -0.15) is 0 Å². The van der Waals surface area contributed by atoms with Gasteiger partial charge in [0.2, 0.25) is 0 Å².